The minimum atomic E-state index is 0.508. The second kappa shape index (κ2) is 4.61. The maximum atomic E-state index is 5.37. The SMILES string of the molecule is Cc1nc(NN)c(C)c(SC(C)C)n1. The molecule has 0 saturated heterocycles. The molecule has 14 heavy (non-hydrogen) atoms. The molecule has 0 aliphatic rings. The van der Waals surface area contributed by atoms with Gasteiger partial charge in [0.25, 0.3) is 0 Å². The minimum absolute atomic E-state index is 0.508. The number of thioether (sulfide) groups is 1. The van der Waals surface area contributed by atoms with E-state index in [-0.39, 0.29) is 0 Å². The smallest absolute Gasteiger partial charge is 0.147 e. The van der Waals surface area contributed by atoms with Crippen molar-refractivity contribution in [3.05, 3.63) is 11.4 Å². The number of anilines is 1. The first-order valence-corrected chi connectivity index (χ1v) is 5.41. The summed E-state index contributed by atoms with van der Waals surface area (Å²) in [6.07, 6.45) is 0. The first kappa shape index (κ1) is 11.3. The number of aromatic nitrogens is 2. The van der Waals surface area contributed by atoms with E-state index >= 15 is 0 Å². The van der Waals surface area contributed by atoms with Crippen molar-refractivity contribution in [2.75, 3.05) is 5.43 Å². The Bertz CT molecular complexity index is 325. The molecule has 1 aromatic rings. The van der Waals surface area contributed by atoms with Crippen LogP contribution in [0.25, 0.3) is 0 Å². The van der Waals surface area contributed by atoms with Gasteiger partial charge < -0.3 is 5.43 Å². The van der Waals surface area contributed by atoms with Gasteiger partial charge in [-0.15, -0.1) is 11.8 Å². The molecule has 1 heterocycles. The zero-order valence-corrected chi connectivity index (χ0v) is 9.77. The Balaban J connectivity index is 3.08. The van der Waals surface area contributed by atoms with Crippen LogP contribution in [0.1, 0.15) is 25.2 Å². The Hall–Kier alpha value is -0.810. The molecular weight excluding hydrogens is 196 g/mol. The summed E-state index contributed by atoms with van der Waals surface area (Å²) in [6, 6.07) is 0. The van der Waals surface area contributed by atoms with Gasteiger partial charge in [-0.2, -0.15) is 0 Å². The lowest BCUT2D eigenvalue weighted by Crippen LogP contribution is -2.12. The van der Waals surface area contributed by atoms with Crippen LogP contribution in [0.15, 0.2) is 5.03 Å². The molecule has 78 valence electrons. The Morgan fingerprint density at radius 2 is 1.93 bits per heavy atom. The van der Waals surface area contributed by atoms with Gasteiger partial charge in [0.2, 0.25) is 0 Å². The van der Waals surface area contributed by atoms with E-state index in [1.165, 1.54) is 0 Å². The van der Waals surface area contributed by atoms with E-state index in [1.54, 1.807) is 11.8 Å². The second-order valence-corrected chi connectivity index (χ2v) is 4.93. The van der Waals surface area contributed by atoms with Crippen molar-refractivity contribution >= 4 is 17.6 Å². The molecule has 4 nitrogen and oxygen atoms in total. The monoisotopic (exact) mass is 212 g/mol. The fraction of sp³-hybridized carbons (Fsp3) is 0.556. The second-order valence-electron chi connectivity index (χ2n) is 3.36. The summed E-state index contributed by atoms with van der Waals surface area (Å²) in [5, 5.41) is 1.51. The molecule has 5 heteroatoms. The first-order chi connectivity index (χ1) is 6.54. The van der Waals surface area contributed by atoms with Crippen LogP contribution in [0.5, 0.6) is 0 Å². The normalized spacial score (nSPS) is 10.7. The van der Waals surface area contributed by atoms with E-state index in [9.17, 15) is 0 Å². The molecule has 0 bridgehead atoms. The zero-order chi connectivity index (χ0) is 10.7. The van der Waals surface area contributed by atoms with Crippen LogP contribution in [0.2, 0.25) is 0 Å². The highest BCUT2D eigenvalue weighted by Gasteiger charge is 2.09. The summed E-state index contributed by atoms with van der Waals surface area (Å²) in [5.74, 6) is 6.82. The largest absolute Gasteiger partial charge is 0.308 e. The van der Waals surface area contributed by atoms with Gasteiger partial charge in [0.1, 0.15) is 16.7 Å². The van der Waals surface area contributed by atoms with Gasteiger partial charge in [-0.25, -0.2) is 15.8 Å². The van der Waals surface area contributed by atoms with E-state index in [1.807, 2.05) is 13.8 Å². The molecule has 0 aliphatic carbocycles. The van der Waals surface area contributed by atoms with Crippen LogP contribution in [0, 0.1) is 13.8 Å². The molecule has 0 atom stereocenters. The molecular formula is C9H16N4S. The van der Waals surface area contributed by atoms with Crippen LogP contribution in [0.3, 0.4) is 0 Å². The first-order valence-electron chi connectivity index (χ1n) is 4.53. The summed E-state index contributed by atoms with van der Waals surface area (Å²) in [7, 11) is 0. The van der Waals surface area contributed by atoms with Crippen LogP contribution in [-0.4, -0.2) is 15.2 Å². The van der Waals surface area contributed by atoms with Crippen molar-refractivity contribution in [3.63, 3.8) is 0 Å². The third-order valence-electron chi connectivity index (χ3n) is 1.70. The number of hydrazine groups is 1. The van der Waals surface area contributed by atoms with Gasteiger partial charge >= 0.3 is 0 Å². The Morgan fingerprint density at radius 1 is 1.29 bits per heavy atom. The quantitative estimate of drug-likeness (QED) is 0.346. The Kier molecular flexibility index (Phi) is 3.71. The summed E-state index contributed by atoms with van der Waals surface area (Å²) in [5.41, 5.74) is 3.60. The zero-order valence-electron chi connectivity index (χ0n) is 8.96. The maximum absolute atomic E-state index is 5.37. The molecule has 0 saturated carbocycles. The highest BCUT2D eigenvalue weighted by atomic mass is 32.2. The average Bonchev–Trinajstić information content (AvgIpc) is 2.09. The fourth-order valence-electron chi connectivity index (χ4n) is 1.08. The predicted molar refractivity (Wildman–Crippen MR) is 60.3 cm³/mol. The lowest BCUT2D eigenvalue weighted by atomic mass is 10.3. The highest BCUT2D eigenvalue weighted by Crippen LogP contribution is 2.27. The lowest BCUT2D eigenvalue weighted by Gasteiger charge is -2.11. The topological polar surface area (TPSA) is 63.8 Å². The molecule has 0 aromatic carbocycles. The Morgan fingerprint density at radius 3 is 2.43 bits per heavy atom. The number of nitrogen functional groups attached to an aromatic ring is 1. The Labute approximate surface area is 88.7 Å². The van der Waals surface area contributed by atoms with Crippen LogP contribution in [0.4, 0.5) is 5.82 Å². The summed E-state index contributed by atoms with van der Waals surface area (Å²) in [6.45, 7) is 8.11. The molecule has 0 unspecified atom stereocenters. The third-order valence-corrected chi connectivity index (χ3v) is 2.79. The van der Waals surface area contributed by atoms with Gasteiger partial charge in [0.05, 0.1) is 0 Å². The van der Waals surface area contributed by atoms with Crippen molar-refractivity contribution in [1.82, 2.24) is 9.97 Å². The summed E-state index contributed by atoms with van der Waals surface area (Å²) >= 11 is 1.72. The minimum Gasteiger partial charge on any atom is -0.308 e. The van der Waals surface area contributed by atoms with Crippen LogP contribution < -0.4 is 11.3 Å². The number of hydrogen-bond acceptors (Lipinski definition) is 5. The van der Waals surface area contributed by atoms with Gasteiger partial charge in [-0.05, 0) is 13.8 Å². The number of nitrogens with zero attached hydrogens (tertiary/aromatic N) is 2. The number of nitrogens with one attached hydrogen (secondary N) is 1. The number of hydrogen-bond donors (Lipinski definition) is 2. The van der Waals surface area contributed by atoms with E-state index in [4.69, 9.17) is 5.84 Å². The number of rotatable bonds is 3. The number of aryl methyl sites for hydroxylation is 1. The fourth-order valence-corrected chi connectivity index (χ4v) is 1.99. The molecule has 0 amide bonds. The predicted octanol–water partition coefficient (Wildman–Crippen LogP) is 1.88. The highest BCUT2D eigenvalue weighted by molar-refractivity contribution is 7.99. The standard InChI is InChI=1S/C9H16N4S/c1-5(2)14-9-6(3)8(13-10)11-7(4)12-9/h5H,10H2,1-4H3,(H,11,12,13). The van der Waals surface area contributed by atoms with Crippen molar-refractivity contribution in [3.8, 4) is 0 Å². The average molecular weight is 212 g/mol. The molecule has 0 aliphatic heterocycles. The molecule has 1 rings (SSSR count). The summed E-state index contributed by atoms with van der Waals surface area (Å²) in [4.78, 5) is 8.58. The lowest BCUT2D eigenvalue weighted by molar-refractivity contribution is 0.929. The van der Waals surface area contributed by atoms with Crippen molar-refractivity contribution in [2.45, 2.75) is 38.0 Å². The van der Waals surface area contributed by atoms with Gasteiger partial charge in [0, 0.05) is 10.8 Å². The van der Waals surface area contributed by atoms with E-state index < -0.39 is 0 Å². The van der Waals surface area contributed by atoms with Crippen LogP contribution >= 0.6 is 11.8 Å². The van der Waals surface area contributed by atoms with Crippen molar-refractivity contribution in [1.29, 1.82) is 0 Å². The molecule has 0 radical (unpaired) electrons. The maximum Gasteiger partial charge on any atom is 0.147 e. The van der Waals surface area contributed by atoms with E-state index in [2.05, 4.69) is 29.2 Å². The van der Waals surface area contributed by atoms with Crippen molar-refractivity contribution in [2.24, 2.45) is 5.84 Å². The summed E-state index contributed by atoms with van der Waals surface area (Å²) < 4.78 is 0. The third kappa shape index (κ3) is 2.59. The molecule has 0 fully saturated rings. The molecule has 0 spiro atoms. The number of nitrogens with two attached hydrogens (primary N) is 1. The van der Waals surface area contributed by atoms with E-state index in [0.29, 0.717) is 11.1 Å². The molecule has 1 aromatic heterocycles. The van der Waals surface area contributed by atoms with E-state index in [0.717, 1.165) is 16.4 Å². The molecule has 3 N–H and O–H groups in total. The van der Waals surface area contributed by atoms with Crippen LogP contribution in [-0.2, 0) is 0 Å². The van der Waals surface area contributed by atoms with Gasteiger partial charge in [-0.3, -0.25) is 0 Å². The van der Waals surface area contributed by atoms with Gasteiger partial charge in [0.15, 0.2) is 0 Å². The van der Waals surface area contributed by atoms with Crippen molar-refractivity contribution < 1.29 is 0 Å². The van der Waals surface area contributed by atoms with Gasteiger partial charge in [-0.1, -0.05) is 13.8 Å².